The number of likely N-dealkylation sites (tertiary alicyclic amines) is 2. The molecular formula is C16H27N3O. The van der Waals surface area contributed by atoms with E-state index in [0.29, 0.717) is 18.9 Å². The second kappa shape index (κ2) is 6.58. The molecule has 0 spiro atoms. The first kappa shape index (κ1) is 15.3. The third kappa shape index (κ3) is 2.83. The van der Waals surface area contributed by atoms with Crippen molar-refractivity contribution in [1.29, 1.82) is 5.26 Å². The van der Waals surface area contributed by atoms with Crippen molar-refractivity contribution >= 4 is 5.91 Å². The first-order chi connectivity index (χ1) is 9.66. The average Bonchev–Trinajstić information content (AvgIpc) is 3.00. The van der Waals surface area contributed by atoms with Crippen LogP contribution in [-0.2, 0) is 4.79 Å². The summed E-state index contributed by atoms with van der Waals surface area (Å²) in [6.07, 6.45) is 6.22. The van der Waals surface area contributed by atoms with E-state index < -0.39 is 5.41 Å². The molecule has 0 saturated carbocycles. The van der Waals surface area contributed by atoms with Crippen LogP contribution >= 0.6 is 0 Å². The average molecular weight is 277 g/mol. The summed E-state index contributed by atoms with van der Waals surface area (Å²) in [6.45, 7) is 7.90. The molecule has 2 heterocycles. The first-order valence-electron chi connectivity index (χ1n) is 8.11. The quantitative estimate of drug-likeness (QED) is 0.793. The summed E-state index contributed by atoms with van der Waals surface area (Å²) in [5, 5.41) is 9.41. The van der Waals surface area contributed by atoms with Crippen molar-refractivity contribution in [2.24, 2.45) is 5.41 Å². The van der Waals surface area contributed by atoms with Gasteiger partial charge in [0, 0.05) is 19.1 Å². The fraction of sp³-hybridized carbons (Fsp3) is 0.875. The predicted octanol–water partition coefficient (Wildman–Crippen LogP) is 2.40. The van der Waals surface area contributed by atoms with Gasteiger partial charge in [-0.1, -0.05) is 20.3 Å². The van der Waals surface area contributed by atoms with E-state index in [0.717, 1.165) is 19.5 Å². The molecule has 2 fully saturated rings. The molecule has 4 heteroatoms. The third-order valence-corrected chi connectivity index (χ3v) is 5.19. The summed E-state index contributed by atoms with van der Waals surface area (Å²) in [5.41, 5.74) is -0.795. The van der Waals surface area contributed by atoms with Gasteiger partial charge in [-0.05, 0) is 45.2 Å². The number of hydrogen-bond acceptors (Lipinski definition) is 3. The molecule has 2 aliphatic heterocycles. The second-order valence-electron chi connectivity index (χ2n) is 6.19. The molecule has 4 nitrogen and oxygen atoms in total. The van der Waals surface area contributed by atoms with Gasteiger partial charge >= 0.3 is 0 Å². The minimum atomic E-state index is -0.795. The Morgan fingerprint density at radius 3 is 2.40 bits per heavy atom. The number of amides is 1. The Hall–Kier alpha value is -1.08. The molecular weight excluding hydrogens is 250 g/mol. The SMILES string of the molecule is CCC(C#N)(CC)C(=O)N1CCC(N2CCCCC2)C1. The minimum Gasteiger partial charge on any atom is -0.340 e. The molecule has 1 atom stereocenters. The fourth-order valence-electron chi connectivity index (χ4n) is 3.57. The van der Waals surface area contributed by atoms with Crippen molar-refractivity contribution < 1.29 is 4.79 Å². The van der Waals surface area contributed by atoms with Gasteiger partial charge in [0.2, 0.25) is 5.91 Å². The highest BCUT2D eigenvalue weighted by Gasteiger charge is 2.41. The zero-order valence-corrected chi connectivity index (χ0v) is 12.9. The van der Waals surface area contributed by atoms with Crippen LogP contribution in [0.4, 0.5) is 0 Å². The Balaban J connectivity index is 1.98. The van der Waals surface area contributed by atoms with Crippen molar-refractivity contribution in [2.75, 3.05) is 26.2 Å². The standard InChI is InChI=1S/C16H27N3O/c1-3-16(4-2,13-17)15(20)19-11-8-14(12-19)18-9-6-5-7-10-18/h14H,3-12H2,1-2H3. The van der Waals surface area contributed by atoms with Gasteiger partial charge in [-0.15, -0.1) is 0 Å². The van der Waals surface area contributed by atoms with Crippen LogP contribution in [0.5, 0.6) is 0 Å². The van der Waals surface area contributed by atoms with Gasteiger partial charge in [0.05, 0.1) is 6.07 Å². The number of nitrogens with zero attached hydrogens (tertiary/aromatic N) is 3. The van der Waals surface area contributed by atoms with Gasteiger partial charge in [-0.2, -0.15) is 5.26 Å². The van der Waals surface area contributed by atoms with Crippen molar-refractivity contribution in [1.82, 2.24) is 9.80 Å². The molecule has 0 radical (unpaired) electrons. The summed E-state index contributed by atoms with van der Waals surface area (Å²) < 4.78 is 0. The summed E-state index contributed by atoms with van der Waals surface area (Å²) in [5.74, 6) is 0.0597. The van der Waals surface area contributed by atoms with Crippen LogP contribution in [0, 0.1) is 16.7 Å². The van der Waals surface area contributed by atoms with Crippen molar-refractivity contribution in [2.45, 2.75) is 58.4 Å². The van der Waals surface area contributed by atoms with E-state index in [-0.39, 0.29) is 5.91 Å². The Morgan fingerprint density at radius 2 is 1.85 bits per heavy atom. The van der Waals surface area contributed by atoms with Crippen molar-refractivity contribution in [3.63, 3.8) is 0 Å². The lowest BCUT2D eigenvalue weighted by atomic mass is 9.82. The lowest BCUT2D eigenvalue weighted by Crippen LogP contribution is -2.45. The summed E-state index contributed by atoms with van der Waals surface area (Å²) in [7, 11) is 0. The molecule has 1 unspecified atom stereocenters. The number of piperidine rings is 1. The third-order valence-electron chi connectivity index (χ3n) is 5.19. The number of nitriles is 1. The van der Waals surface area contributed by atoms with E-state index in [1.54, 1.807) is 0 Å². The normalized spacial score (nSPS) is 24.6. The monoisotopic (exact) mass is 277 g/mol. The highest BCUT2D eigenvalue weighted by atomic mass is 16.2. The zero-order valence-electron chi connectivity index (χ0n) is 12.9. The van der Waals surface area contributed by atoms with Crippen LogP contribution in [-0.4, -0.2) is 47.9 Å². The number of carbonyl (C=O) groups excluding carboxylic acids is 1. The number of carbonyl (C=O) groups is 1. The number of rotatable bonds is 4. The van der Waals surface area contributed by atoms with Crippen LogP contribution < -0.4 is 0 Å². The van der Waals surface area contributed by atoms with Crippen LogP contribution in [0.3, 0.4) is 0 Å². The Labute approximate surface area is 122 Å². The lowest BCUT2D eigenvalue weighted by Gasteiger charge is -2.33. The largest absolute Gasteiger partial charge is 0.340 e. The molecule has 0 aromatic rings. The van der Waals surface area contributed by atoms with E-state index in [9.17, 15) is 10.1 Å². The second-order valence-corrected chi connectivity index (χ2v) is 6.19. The van der Waals surface area contributed by atoms with E-state index in [1.165, 1.54) is 32.4 Å². The van der Waals surface area contributed by atoms with Gasteiger partial charge in [-0.25, -0.2) is 0 Å². The maximum absolute atomic E-state index is 12.7. The Kier molecular flexibility index (Phi) is 5.04. The molecule has 2 aliphatic rings. The summed E-state index contributed by atoms with van der Waals surface area (Å²) >= 11 is 0. The molecule has 0 aromatic heterocycles. The van der Waals surface area contributed by atoms with E-state index in [2.05, 4.69) is 11.0 Å². The minimum absolute atomic E-state index is 0.0597. The van der Waals surface area contributed by atoms with E-state index in [1.807, 2.05) is 18.7 Å². The molecule has 0 aliphatic carbocycles. The maximum atomic E-state index is 12.7. The maximum Gasteiger partial charge on any atom is 0.243 e. The van der Waals surface area contributed by atoms with Gasteiger partial charge in [0.1, 0.15) is 5.41 Å². The van der Waals surface area contributed by atoms with Gasteiger partial charge in [-0.3, -0.25) is 9.69 Å². The van der Waals surface area contributed by atoms with Gasteiger partial charge in [0.25, 0.3) is 0 Å². The van der Waals surface area contributed by atoms with Gasteiger partial charge < -0.3 is 4.90 Å². The molecule has 2 saturated heterocycles. The van der Waals surface area contributed by atoms with Gasteiger partial charge in [0.15, 0.2) is 0 Å². The molecule has 1 amide bonds. The van der Waals surface area contributed by atoms with Crippen LogP contribution in [0.15, 0.2) is 0 Å². The molecule has 20 heavy (non-hydrogen) atoms. The topological polar surface area (TPSA) is 47.3 Å². The lowest BCUT2D eigenvalue weighted by molar-refractivity contribution is -0.138. The molecule has 2 rings (SSSR count). The summed E-state index contributed by atoms with van der Waals surface area (Å²) in [6, 6.07) is 2.80. The van der Waals surface area contributed by atoms with Crippen molar-refractivity contribution in [3.05, 3.63) is 0 Å². The predicted molar refractivity (Wildman–Crippen MR) is 79.0 cm³/mol. The molecule has 0 N–H and O–H groups in total. The van der Waals surface area contributed by atoms with Crippen molar-refractivity contribution in [3.8, 4) is 6.07 Å². The Morgan fingerprint density at radius 1 is 1.20 bits per heavy atom. The van der Waals surface area contributed by atoms with E-state index >= 15 is 0 Å². The van der Waals surface area contributed by atoms with E-state index in [4.69, 9.17) is 0 Å². The molecule has 0 aromatic carbocycles. The number of hydrogen-bond donors (Lipinski definition) is 0. The van der Waals surface area contributed by atoms with Crippen LogP contribution in [0.1, 0.15) is 52.4 Å². The van der Waals surface area contributed by atoms with Crippen LogP contribution in [0.25, 0.3) is 0 Å². The highest BCUT2D eigenvalue weighted by molar-refractivity contribution is 5.85. The van der Waals surface area contributed by atoms with Crippen LogP contribution in [0.2, 0.25) is 0 Å². The highest BCUT2D eigenvalue weighted by Crippen LogP contribution is 2.31. The summed E-state index contributed by atoms with van der Waals surface area (Å²) in [4.78, 5) is 17.2. The fourth-order valence-corrected chi connectivity index (χ4v) is 3.57. The Bertz CT molecular complexity index is 378. The molecule has 0 bridgehead atoms. The molecule has 112 valence electrons. The smallest absolute Gasteiger partial charge is 0.243 e. The first-order valence-corrected chi connectivity index (χ1v) is 8.11. The zero-order chi connectivity index (χ0) is 14.6.